The molecular weight excluding hydrogens is 394 g/mol. The molecule has 1 aliphatic heterocycles. The van der Waals surface area contributed by atoms with Crippen LogP contribution in [-0.4, -0.2) is 38.9 Å². The molecule has 1 saturated heterocycles. The topological polar surface area (TPSA) is 46.0 Å². The molecule has 0 amide bonds. The first-order chi connectivity index (χ1) is 15.1. The number of nitrogens with zero attached hydrogens (tertiary/aromatic N) is 4. The molecule has 32 heavy (non-hydrogen) atoms. The van der Waals surface area contributed by atoms with Gasteiger partial charge in [-0.05, 0) is 88.1 Å². The van der Waals surface area contributed by atoms with Gasteiger partial charge in [-0.25, -0.2) is 4.98 Å². The van der Waals surface area contributed by atoms with Gasteiger partial charge in [-0.15, -0.1) is 0 Å². The molecule has 0 unspecified atom stereocenters. The lowest BCUT2D eigenvalue weighted by Gasteiger charge is -2.49. The van der Waals surface area contributed by atoms with E-state index in [0.717, 1.165) is 40.5 Å². The zero-order chi connectivity index (χ0) is 22.7. The Labute approximate surface area is 190 Å². The smallest absolute Gasteiger partial charge is 0.129 e. The fourth-order valence-corrected chi connectivity index (χ4v) is 5.55. The molecule has 5 nitrogen and oxygen atoms in total. The van der Waals surface area contributed by atoms with Gasteiger partial charge in [0.15, 0.2) is 0 Å². The molecule has 0 atom stereocenters. The summed E-state index contributed by atoms with van der Waals surface area (Å²) in [4.78, 5) is 7.40. The van der Waals surface area contributed by atoms with E-state index >= 15 is 0 Å². The van der Waals surface area contributed by atoms with Crippen molar-refractivity contribution in [2.75, 3.05) is 11.9 Å². The van der Waals surface area contributed by atoms with Crippen LogP contribution in [-0.2, 0) is 7.05 Å². The first-order valence-electron chi connectivity index (χ1n) is 11.5. The van der Waals surface area contributed by atoms with Crippen LogP contribution in [0.15, 0.2) is 54.7 Å². The lowest BCUT2D eigenvalue weighted by atomic mass is 9.79. The van der Waals surface area contributed by atoms with Crippen LogP contribution in [0.1, 0.15) is 40.5 Å². The fourth-order valence-electron chi connectivity index (χ4n) is 5.55. The Kier molecular flexibility index (Phi) is 4.79. The van der Waals surface area contributed by atoms with E-state index in [1.165, 1.54) is 11.1 Å². The highest BCUT2D eigenvalue weighted by Crippen LogP contribution is 2.33. The number of anilines is 1. The van der Waals surface area contributed by atoms with Gasteiger partial charge in [0.25, 0.3) is 0 Å². The summed E-state index contributed by atoms with van der Waals surface area (Å²) >= 11 is 0. The number of hydrogen-bond acceptors (Lipinski definition) is 4. The number of aryl methyl sites for hydroxylation is 1. The van der Waals surface area contributed by atoms with Gasteiger partial charge in [0, 0.05) is 48.2 Å². The van der Waals surface area contributed by atoms with Crippen molar-refractivity contribution in [3.63, 3.8) is 0 Å². The van der Waals surface area contributed by atoms with Crippen LogP contribution in [0.25, 0.3) is 32.9 Å². The summed E-state index contributed by atoms with van der Waals surface area (Å²) in [6.07, 6.45) is 4.26. The Morgan fingerprint density at radius 1 is 0.875 bits per heavy atom. The highest BCUT2D eigenvalue weighted by atomic mass is 15.2. The van der Waals surface area contributed by atoms with Gasteiger partial charge >= 0.3 is 0 Å². The molecule has 0 bridgehead atoms. The van der Waals surface area contributed by atoms with Crippen molar-refractivity contribution in [1.29, 1.82) is 0 Å². The summed E-state index contributed by atoms with van der Waals surface area (Å²) in [6.45, 7) is 9.19. The van der Waals surface area contributed by atoms with Crippen molar-refractivity contribution in [1.82, 2.24) is 20.1 Å². The van der Waals surface area contributed by atoms with E-state index in [-0.39, 0.29) is 11.1 Å². The lowest BCUT2D eigenvalue weighted by molar-refractivity contribution is 0.160. The summed E-state index contributed by atoms with van der Waals surface area (Å²) in [5, 5.41) is 10.6. The van der Waals surface area contributed by atoms with Crippen LogP contribution < -0.4 is 10.2 Å². The Balaban J connectivity index is 1.44. The van der Waals surface area contributed by atoms with Gasteiger partial charge in [0.2, 0.25) is 0 Å². The fraction of sp³-hybridized carbons (Fsp3) is 0.407. The number of rotatable bonds is 3. The van der Waals surface area contributed by atoms with Gasteiger partial charge in [0.1, 0.15) is 5.82 Å². The SMILES string of the molecule is CN(c1ccc2cc(-c3ccc4nn(C)cc4c3)ccc2n1)C1CC(C)(C)NC(C)(C)C1. The highest BCUT2D eigenvalue weighted by molar-refractivity contribution is 5.89. The monoisotopic (exact) mass is 427 g/mol. The van der Waals surface area contributed by atoms with E-state index in [1.807, 2.05) is 11.7 Å². The summed E-state index contributed by atoms with van der Waals surface area (Å²) in [5.74, 6) is 1.04. The number of benzene rings is 2. The maximum Gasteiger partial charge on any atom is 0.129 e. The molecule has 0 spiro atoms. The van der Waals surface area contributed by atoms with Gasteiger partial charge in [0.05, 0.1) is 11.0 Å². The van der Waals surface area contributed by atoms with E-state index in [9.17, 15) is 0 Å². The van der Waals surface area contributed by atoms with Gasteiger partial charge in [-0.1, -0.05) is 12.1 Å². The van der Waals surface area contributed by atoms with Crippen LogP contribution in [0.3, 0.4) is 0 Å². The number of hydrogen-bond donors (Lipinski definition) is 1. The molecule has 0 radical (unpaired) electrons. The molecule has 5 heteroatoms. The molecule has 1 fully saturated rings. The normalized spacial score (nSPS) is 18.3. The van der Waals surface area contributed by atoms with Crippen molar-refractivity contribution >= 4 is 27.6 Å². The number of nitrogens with one attached hydrogen (secondary N) is 1. The second kappa shape index (κ2) is 7.31. The average Bonchev–Trinajstić information content (AvgIpc) is 3.09. The predicted octanol–water partition coefficient (Wildman–Crippen LogP) is 5.53. The minimum Gasteiger partial charge on any atom is -0.357 e. The third-order valence-corrected chi connectivity index (χ3v) is 6.70. The maximum absolute atomic E-state index is 5.03. The summed E-state index contributed by atoms with van der Waals surface area (Å²) < 4.78 is 1.86. The molecule has 0 saturated carbocycles. The minimum absolute atomic E-state index is 0.113. The largest absolute Gasteiger partial charge is 0.357 e. The van der Waals surface area contributed by atoms with Crippen molar-refractivity contribution in [3.8, 4) is 11.1 Å². The standard InChI is InChI=1S/C27H33N5/c1-26(2)15-22(16-27(3,4)30-26)32(6)25-12-9-20-13-18(7-10-23(20)28-25)19-8-11-24-21(14-19)17-31(5)29-24/h7-14,17,22,30H,15-16H2,1-6H3. The molecule has 4 aromatic rings. The third-order valence-electron chi connectivity index (χ3n) is 6.70. The van der Waals surface area contributed by atoms with Crippen molar-refractivity contribution in [3.05, 3.63) is 54.7 Å². The Morgan fingerprint density at radius 2 is 1.50 bits per heavy atom. The minimum atomic E-state index is 0.113. The van der Waals surface area contributed by atoms with E-state index in [1.54, 1.807) is 0 Å². The number of fused-ring (bicyclic) bond motifs is 2. The second-order valence-corrected chi connectivity index (χ2v) is 10.7. The quantitative estimate of drug-likeness (QED) is 0.467. The highest BCUT2D eigenvalue weighted by Gasteiger charge is 2.39. The van der Waals surface area contributed by atoms with Gasteiger partial charge in [-0.2, -0.15) is 5.10 Å². The third kappa shape index (κ3) is 3.97. The molecule has 3 heterocycles. The van der Waals surface area contributed by atoms with Crippen LogP contribution in [0.4, 0.5) is 5.82 Å². The maximum atomic E-state index is 5.03. The predicted molar refractivity (Wildman–Crippen MR) is 134 cm³/mol. The van der Waals surface area contributed by atoms with Crippen LogP contribution in [0, 0.1) is 0 Å². The van der Waals surface area contributed by atoms with Crippen LogP contribution >= 0.6 is 0 Å². The van der Waals surface area contributed by atoms with Gasteiger partial charge in [-0.3, -0.25) is 4.68 Å². The zero-order valence-corrected chi connectivity index (χ0v) is 20.0. The van der Waals surface area contributed by atoms with Crippen molar-refractivity contribution < 1.29 is 0 Å². The number of aromatic nitrogens is 3. The molecule has 2 aromatic heterocycles. The Bertz CT molecular complexity index is 1280. The molecular formula is C27H33N5. The molecule has 1 aliphatic rings. The first-order valence-corrected chi connectivity index (χ1v) is 11.5. The van der Waals surface area contributed by atoms with E-state index in [0.29, 0.717) is 6.04 Å². The van der Waals surface area contributed by atoms with Crippen LogP contribution in [0.2, 0.25) is 0 Å². The van der Waals surface area contributed by atoms with Crippen molar-refractivity contribution in [2.45, 2.75) is 57.7 Å². The van der Waals surface area contributed by atoms with Gasteiger partial charge < -0.3 is 10.2 Å². The second-order valence-electron chi connectivity index (χ2n) is 10.7. The van der Waals surface area contributed by atoms with Crippen molar-refractivity contribution in [2.24, 2.45) is 7.05 Å². The van der Waals surface area contributed by atoms with E-state index in [2.05, 4.69) is 105 Å². The molecule has 5 rings (SSSR count). The van der Waals surface area contributed by atoms with Crippen LogP contribution in [0.5, 0.6) is 0 Å². The summed E-state index contributed by atoms with van der Waals surface area (Å²) in [5.41, 5.74) is 4.69. The molecule has 166 valence electrons. The van der Waals surface area contributed by atoms with E-state index < -0.39 is 0 Å². The number of pyridine rings is 1. The Hall–Kier alpha value is -2.92. The summed E-state index contributed by atoms with van der Waals surface area (Å²) in [7, 11) is 4.15. The Morgan fingerprint density at radius 3 is 2.19 bits per heavy atom. The first kappa shape index (κ1) is 21.0. The summed E-state index contributed by atoms with van der Waals surface area (Å²) in [6, 6.07) is 17.8. The average molecular weight is 428 g/mol. The molecule has 0 aliphatic carbocycles. The molecule has 1 N–H and O–H groups in total. The number of piperidine rings is 1. The lowest BCUT2D eigenvalue weighted by Crippen LogP contribution is -2.62. The molecule has 2 aromatic carbocycles. The van der Waals surface area contributed by atoms with E-state index in [4.69, 9.17) is 4.98 Å². The zero-order valence-electron chi connectivity index (χ0n) is 20.0.